The van der Waals surface area contributed by atoms with Gasteiger partial charge in [0.15, 0.2) is 0 Å². The van der Waals surface area contributed by atoms with Gasteiger partial charge < -0.3 is 14.8 Å². The van der Waals surface area contributed by atoms with Gasteiger partial charge in [-0.1, -0.05) is 18.2 Å². The number of hydrogen-bond donors (Lipinski definition) is 1. The summed E-state index contributed by atoms with van der Waals surface area (Å²) in [6.07, 6.45) is 5.21. The fourth-order valence-corrected chi connectivity index (χ4v) is 3.37. The molecule has 0 bridgehead atoms. The van der Waals surface area contributed by atoms with Gasteiger partial charge in [-0.2, -0.15) is 0 Å². The molecule has 3 rings (SSSR count). The summed E-state index contributed by atoms with van der Waals surface area (Å²) in [6, 6.07) is 14.7. The van der Waals surface area contributed by atoms with E-state index >= 15 is 0 Å². The molecule has 0 saturated carbocycles. The highest BCUT2D eigenvalue weighted by molar-refractivity contribution is 5.48. The van der Waals surface area contributed by atoms with Crippen LogP contribution in [0, 0.1) is 6.92 Å². The number of nitrogens with zero attached hydrogens (tertiary/aromatic N) is 2. The van der Waals surface area contributed by atoms with Crippen LogP contribution in [0.5, 0.6) is 0 Å². The molecule has 0 spiro atoms. The average Bonchev–Trinajstić information content (AvgIpc) is 2.61. The number of nitrogens with one attached hydrogen (secondary N) is 1. The Morgan fingerprint density at radius 2 is 1.96 bits per heavy atom. The molecule has 0 amide bonds. The minimum atomic E-state index is 0.0870. The lowest BCUT2D eigenvalue weighted by molar-refractivity contribution is 0.406. The molecule has 4 nitrogen and oxygen atoms in total. The standard InChI is InChI=1S/C20H27N3O/c1-17-6-4-7-19(16-17)22-14-9-18(10-15-22)21-11-5-13-23-12-3-2-8-20(23)24/h2-4,6-8,12,16,18,21H,5,9-11,13-15H2,1H3. The molecule has 24 heavy (non-hydrogen) atoms. The summed E-state index contributed by atoms with van der Waals surface area (Å²) in [7, 11) is 0. The van der Waals surface area contributed by atoms with Crippen molar-refractivity contribution in [1.82, 2.24) is 9.88 Å². The zero-order chi connectivity index (χ0) is 16.8. The Bertz CT molecular complexity index is 702. The third kappa shape index (κ3) is 4.48. The first kappa shape index (κ1) is 16.8. The predicted octanol–water partition coefficient (Wildman–Crippen LogP) is 2.81. The van der Waals surface area contributed by atoms with Crippen molar-refractivity contribution in [2.24, 2.45) is 0 Å². The molecule has 0 atom stereocenters. The van der Waals surface area contributed by atoms with Crippen molar-refractivity contribution in [1.29, 1.82) is 0 Å². The topological polar surface area (TPSA) is 37.3 Å². The summed E-state index contributed by atoms with van der Waals surface area (Å²) in [6.45, 7) is 6.12. The van der Waals surface area contributed by atoms with Crippen molar-refractivity contribution in [2.45, 2.75) is 38.8 Å². The Balaban J connectivity index is 1.38. The minimum Gasteiger partial charge on any atom is -0.371 e. The molecule has 1 fully saturated rings. The van der Waals surface area contributed by atoms with Gasteiger partial charge in [-0.15, -0.1) is 0 Å². The Morgan fingerprint density at radius 1 is 1.12 bits per heavy atom. The van der Waals surface area contributed by atoms with E-state index in [9.17, 15) is 4.79 Å². The summed E-state index contributed by atoms with van der Waals surface area (Å²) >= 11 is 0. The van der Waals surface area contributed by atoms with Gasteiger partial charge in [0, 0.05) is 43.6 Å². The molecular formula is C20H27N3O. The van der Waals surface area contributed by atoms with Crippen molar-refractivity contribution < 1.29 is 0 Å². The normalized spacial score (nSPS) is 15.6. The number of aromatic nitrogens is 1. The van der Waals surface area contributed by atoms with Crippen molar-refractivity contribution in [3.8, 4) is 0 Å². The second kappa shape index (κ2) is 8.15. The van der Waals surface area contributed by atoms with Crippen LogP contribution in [0.15, 0.2) is 53.5 Å². The third-order valence-corrected chi connectivity index (χ3v) is 4.77. The monoisotopic (exact) mass is 325 g/mol. The van der Waals surface area contributed by atoms with Crippen molar-refractivity contribution >= 4 is 5.69 Å². The zero-order valence-electron chi connectivity index (χ0n) is 14.4. The molecule has 0 radical (unpaired) electrons. The lowest BCUT2D eigenvalue weighted by Crippen LogP contribution is -2.43. The molecule has 128 valence electrons. The van der Waals surface area contributed by atoms with Crippen LogP contribution in [0.2, 0.25) is 0 Å². The van der Waals surface area contributed by atoms with Gasteiger partial charge in [-0.25, -0.2) is 0 Å². The summed E-state index contributed by atoms with van der Waals surface area (Å²) in [5.74, 6) is 0. The molecule has 2 aromatic rings. The van der Waals surface area contributed by atoms with E-state index in [4.69, 9.17) is 0 Å². The fourth-order valence-electron chi connectivity index (χ4n) is 3.37. The molecule has 0 aliphatic carbocycles. The van der Waals surface area contributed by atoms with E-state index in [0.717, 1.165) is 32.6 Å². The van der Waals surface area contributed by atoms with E-state index in [2.05, 4.69) is 41.4 Å². The second-order valence-electron chi connectivity index (χ2n) is 6.64. The first-order chi connectivity index (χ1) is 11.7. The lowest BCUT2D eigenvalue weighted by atomic mass is 10.0. The second-order valence-corrected chi connectivity index (χ2v) is 6.64. The van der Waals surface area contributed by atoms with Crippen molar-refractivity contribution in [3.05, 3.63) is 64.6 Å². The molecule has 2 heterocycles. The smallest absolute Gasteiger partial charge is 0.250 e. The van der Waals surface area contributed by atoms with Crippen molar-refractivity contribution in [3.63, 3.8) is 0 Å². The van der Waals surface area contributed by atoms with E-state index in [0.29, 0.717) is 6.04 Å². The zero-order valence-corrected chi connectivity index (χ0v) is 14.4. The van der Waals surface area contributed by atoms with E-state index < -0.39 is 0 Å². The van der Waals surface area contributed by atoms with Crippen LogP contribution in [0.3, 0.4) is 0 Å². The van der Waals surface area contributed by atoms with Crippen LogP contribution >= 0.6 is 0 Å². The number of aryl methyl sites for hydroxylation is 2. The van der Waals surface area contributed by atoms with E-state index in [1.165, 1.54) is 24.1 Å². The highest BCUT2D eigenvalue weighted by Crippen LogP contribution is 2.20. The molecule has 1 aromatic carbocycles. The van der Waals surface area contributed by atoms with Gasteiger partial charge in [-0.05, 0) is 56.5 Å². The molecule has 4 heteroatoms. The molecule has 1 aliphatic rings. The Hall–Kier alpha value is -2.07. The predicted molar refractivity (Wildman–Crippen MR) is 99.7 cm³/mol. The summed E-state index contributed by atoms with van der Waals surface area (Å²) in [4.78, 5) is 14.1. The molecule has 1 saturated heterocycles. The minimum absolute atomic E-state index is 0.0870. The van der Waals surface area contributed by atoms with Crippen LogP contribution in [-0.2, 0) is 6.54 Å². The van der Waals surface area contributed by atoms with Crippen LogP contribution in [-0.4, -0.2) is 30.2 Å². The average molecular weight is 325 g/mol. The summed E-state index contributed by atoms with van der Waals surface area (Å²) in [5.41, 5.74) is 2.75. The van der Waals surface area contributed by atoms with Gasteiger partial charge in [-0.3, -0.25) is 4.79 Å². The van der Waals surface area contributed by atoms with E-state index in [1.807, 2.05) is 12.3 Å². The van der Waals surface area contributed by atoms with Crippen LogP contribution in [0.4, 0.5) is 5.69 Å². The van der Waals surface area contributed by atoms with E-state index in [1.54, 1.807) is 16.7 Å². The maximum Gasteiger partial charge on any atom is 0.250 e. The molecule has 1 aromatic heterocycles. The summed E-state index contributed by atoms with van der Waals surface area (Å²) in [5, 5.41) is 3.65. The lowest BCUT2D eigenvalue weighted by Gasteiger charge is -2.34. The maximum absolute atomic E-state index is 11.6. The van der Waals surface area contributed by atoms with Gasteiger partial charge in [0.1, 0.15) is 0 Å². The molecule has 1 aliphatic heterocycles. The van der Waals surface area contributed by atoms with Gasteiger partial charge >= 0.3 is 0 Å². The number of hydrogen-bond acceptors (Lipinski definition) is 3. The number of rotatable bonds is 6. The Labute approximate surface area is 144 Å². The number of pyridine rings is 1. The van der Waals surface area contributed by atoms with E-state index in [-0.39, 0.29) is 5.56 Å². The van der Waals surface area contributed by atoms with Crippen LogP contribution in [0.25, 0.3) is 0 Å². The van der Waals surface area contributed by atoms with Gasteiger partial charge in [0.05, 0.1) is 0 Å². The first-order valence-corrected chi connectivity index (χ1v) is 8.93. The first-order valence-electron chi connectivity index (χ1n) is 8.93. The number of anilines is 1. The van der Waals surface area contributed by atoms with Gasteiger partial charge in [0.25, 0.3) is 0 Å². The fraction of sp³-hybridized carbons (Fsp3) is 0.450. The number of benzene rings is 1. The third-order valence-electron chi connectivity index (χ3n) is 4.77. The van der Waals surface area contributed by atoms with Crippen LogP contribution in [0.1, 0.15) is 24.8 Å². The molecule has 0 unspecified atom stereocenters. The number of piperidine rings is 1. The SMILES string of the molecule is Cc1cccc(N2CCC(NCCCn3ccccc3=O)CC2)c1. The quantitative estimate of drug-likeness (QED) is 0.830. The Kier molecular flexibility index (Phi) is 5.70. The van der Waals surface area contributed by atoms with Crippen LogP contribution < -0.4 is 15.8 Å². The van der Waals surface area contributed by atoms with Crippen molar-refractivity contribution in [2.75, 3.05) is 24.5 Å². The largest absolute Gasteiger partial charge is 0.371 e. The highest BCUT2D eigenvalue weighted by atomic mass is 16.1. The Morgan fingerprint density at radius 3 is 2.71 bits per heavy atom. The van der Waals surface area contributed by atoms with Gasteiger partial charge in [0.2, 0.25) is 5.56 Å². The molecule has 1 N–H and O–H groups in total. The maximum atomic E-state index is 11.6. The summed E-state index contributed by atoms with van der Waals surface area (Å²) < 4.78 is 1.78. The highest BCUT2D eigenvalue weighted by Gasteiger charge is 2.18. The molecular weight excluding hydrogens is 298 g/mol.